The van der Waals surface area contributed by atoms with Crippen LogP contribution in [0.3, 0.4) is 0 Å². The second kappa shape index (κ2) is 5.91. The van der Waals surface area contributed by atoms with Crippen molar-refractivity contribution >= 4 is 0 Å². The summed E-state index contributed by atoms with van der Waals surface area (Å²) in [7, 11) is 0. The van der Waals surface area contributed by atoms with E-state index in [1.54, 1.807) is 0 Å². The lowest BCUT2D eigenvalue weighted by Gasteiger charge is -2.22. The molecule has 1 fully saturated rings. The lowest BCUT2D eigenvalue weighted by molar-refractivity contribution is 0.0530. The molecule has 0 saturated carbocycles. The summed E-state index contributed by atoms with van der Waals surface area (Å²) >= 11 is 0. The van der Waals surface area contributed by atoms with Gasteiger partial charge in [0, 0.05) is 6.61 Å². The number of tetrazole rings is 1. The molecule has 1 N–H and O–H groups in total. The minimum atomic E-state index is 0.308. The van der Waals surface area contributed by atoms with Crippen molar-refractivity contribution in [3.05, 3.63) is 5.82 Å². The third kappa shape index (κ3) is 2.76. The Bertz CT molecular complexity index is 308. The first-order valence-electron chi connectivity index (χ1n) is 5.97. The molecule has 0 aromatic carbocycles. The smallest absolute Gasteiger partial charge is 0.165 e. The highest BCUT2D eigenvalue weighted by Gasteiger charge is 2.19. The zero-order chi connectivity index (χ0) is 11.2. The Kier molecular flexibility index (Phi) is 4.24. The maximum absolute atomic E-state index is 5.45. The van der Waals surface area contributed by atoms with Crippen molar-refractivity contribution in [1.29, 1.82) is 0 Å². The molecule has 1 saturated heterocycles. The number of rotatable bonds is 5. The Labute approximate surface area is 95.4 Å². The van der Waals surface area contributed by atoms with E-state index in [0.717, 1.165) is 51.4 Å². The predicted octanol–water partition coefficient (Wildman–Crippen LogP) is 0.524. The highest BCUT2D eigenvalue weighted by atomic mass is 16.5. The Hall–Kier alpha value is -1.01. The van der Waals surface area contributed by atoms with E-state index in [9.17, 15) is 0 Å². The van der Waals surface area contributed by atoms with E-state index in [0.29, 0.717) is 6.04 Å². The fourth-order valence-corrected chi connectivity index (χ4v) is 1.91. The average molecular weight is 225 g/mol. The summed E-state index contributed by atoms with van der Waals surface area (Å²) in [6.45, 7) is 5.46. The van der Waals surface area contributed by atoms with E-state index in [2.05, 4.69) is 27.8 Å². The van der Waals surface area contributed by atoms with Gasteiger partial charge in [0.1, 0.15) is 0 Å². The summed E-state index contributed by atoms with van der Waals surface area (Å²) in [5.41, 5.74) is 0. The number of hydrogen-bond donors (Lipinski definition) is 1. The van der Waals surface area contributed by atoms with Crippen LogP contribution in [0.5, 0.6) is 0 Å². The van der Waals surface area contributed by atoms with Crippen LogP contribution in [-0.4, -0.2) is 40.0 Å². The van der Waals surface area contributed by atoms with Crippen LogP contribution < -0.4 is 5.32 Å². The molecule has 1 atom stereocenters. The summed E-state index contributed by atoms with van der Waals surface area (Å²) in [4.78, 5) is 0. The van der Waals surface area contributed by atoms with Crippen LogP contribution in [0.2, 0.25) is 0 Å². The Morgan fingerprint density at radius 1 is 1.56 bits per heavy atom. The molecule has 1 aliphatic rings. The quantitative estimate of drug-likeness (QED) is 0.740. The summed E-state index contributed by atoms with van der Waals surface area (Å²) in [5, 5.41) is 15.2. The Morgan fingerprint density at radius 3 is 3.25 bits per heavy atom. The van der Waals surface area contributed by atoms with Crippen molar-refractivity contribution in [3.8, 4) is 0 Å². The molecule has 0 radical (unpaired) electrons. The summed E-state index contributed by atoms with van der Waals surface area (Å²) in [5.74, 6) is 0.906. The number of nitrogens with one attached hydrogen (secondary N) is 1. The Morgan fingerprint density at radius 2 is 2.50 bits per heavy atom. The van der Waals surface area contributed by atoms with E-state index in [-0.39, 0.29) is 0 Å². The molecular formula is C10H19N5O. The predicted molar refractivity (Wildman–Crippen MR) is 58.9 cm³/mol. The van der Waals surface area contributed by atoms with E-state index >= 15 is 0 Å². The van der Waals surface area contributed by atoms with E-state index in [1.165, 1.54) is 0 Å². The van der Waals surface area contributed by atoms with Gasteiger partial charge in [0.2, 0.25) is 0 Å². The first kappa shape index (κ1) is 11.5. The van der Waals surface area contributed by atoms with Gasteiger partial charge in [0.15, 0.2) is 5.82 Å². The average Bonchev–Trinajstić information content (AvgIpc) is 2.79. The standard InChI is InChI=1S/C10H19N5O/c1-2-5-11-7-10-12-13-14-15(10)9-4-3-6-16-8-9/h9,11H,2-8H2,1H3. The fourth-order valence-electron chi connectivity index (χ4n) is 1.91. The minimum absolute atomic E-state index is 0.308. The molecule has 6 heteroatoms. The lowest BCUT2D eigenvalue weighted by atomic mass is 10.1. The van der Waals surface area contributed by atoms with Crippen molar-refractivity contribution in [1.82, 2.24) is 25.5 Å². The maximum atomic E-state index is 5.45. The van der Waals surface area contributed by atoms with E-state index in [1.807, 2.05) is 4.68 Å². The van der Waals surface area contributed by atoms with Crippen LogP contribution in [0.4, 0.5) is 0 Å². The molecule has 1 aromatic rings. The molecule has 2 heterocycles. The molecule has 90 valence electrons. The number of ether oxygens (including phenoxy) is 1. The van der Waals surface area contributed by atoms with Crippen molar-refractivity contribution in [2.75, 3.05) is 19.8 Å². The highest BCUT2D eigenvalue weighted by molar-refractivity contribution is 4.84. The van der Waals surface area contributed by atoms with Crippen molar-refractivity contribution in [2.24, 2.45) is 0 Å². The zero-order valence-electron chi connectivity index (χ0n) is 9.72. The van der Waals surface area contributed by atoms with Crippen molar-refractivity contribution < 1.29 is 4.74 Å². The van der Waals surface area contributed by atoms with Gasteiger partial charge in [-0.05, 0) is 36.2 Å². The second-order valence-electron chi connectivity index (χ2n) is 4.09. The lowest BCUT2D eigenvalue weighted by Crippen LogP contribution is -2.26. The number of hydrogen-bond acceptors (Lipinski definition) is 5. The second-order valence-corrected chi connectivity index (χ2v) is 4.09. The highest BCUT2D eigenvalue weighted by Crippen LogP contribution is 2.18. The van der Waals surface area contributed by atoms with Crippen LogP contribution in [0.1, 0.15) is 38.1 Å². The topological polar surface area (TPSA) is 64.9 Å². The molecule has 1 aliphatic heterocycles. The summed E-state index contributed by atoms with van der Waals surface area (Å²) in [6.07, 6.45) is 3.31. The zero-order valence-corrected chi connectivity index (χ0v) is 9.72. The molecule has 16 heavy (non-hydrogen) atoms. The summed E-state index contributed by atoms with van der Waals surface area (Å²) in [6, 6.07) is 0.308. The van der Waals surface area contributed by atoms with Gasteiger partial charge in [-0.2, -0.15) is 0 Å². The molecule has 1 aromatic heterocycles. The van der Waals surface area contributed by atoms with Gasteiger partial charge < -0.3 is 10.1 Å². The fraction of sp³-hybridized carbons (Fsp3) is 0.900. The van der Waals surface area contributed by atoms with Crippen molar-refractivity contribution in [3.63, 3.8) is 0 Å². The van der Waals surface area contributed by atoms with Gasteiger partial charge in [-0.3, -0.25) is 0 Å². The first-order chi connectivity index (χ1) is 7.92. The molecule has 2 rings (SSSR count). The third-order valence-electron chi connectivity index (χ3n) is 2.75. The first-order valence-corrected chi connectivity index (χ1v) is 5.97. The third-order valence-corrected chi connectivity index (χ3v) is 2.75. The SMILES string of the molecule is CCCNCc1nnnn1C1CCCOC1. The number of aromatic nitrogens is 4. The maximum Gasteiger partial charge on any atom is 0.165 e. The van der Waals surface area contributed by atoms with Crippen LogP contribution in [-0.2, 0) is 11.3 Å². The largest absolute Gasteiger partial charge is 0.379 e. The van der Waals surface area contributed by atoms with Crippen molar-refractivity contribution in [2.45, 2.75) is 38.8 Å². The van der Waals surface area contributed by atoms with Gasteiger partial charge in [0.05, 0.1) is 19.2 Å². The molecule has 0 amide bonds. The molecule has 1 unspecified atom stereocenters. The number of nitrogens with zero attached hydrogens (tertiary/aromatic N) is 4. The van der Waals surface area contributed by atoms with Crippen LogP contribution in [0.25, 0.3) is 0 Å². The molecule has 6 nitrogen and oxygen atoms in total. The van der Waals surface area contributed by atoms with E-state index < -0.39 is 0 Å². The van der Waals surface area contributed by atoms with E-state index in [4.69, 9.17) is 4.74 Å². The van der Waals surface area contributed by atoms with Gasteiger partial charge >= 0.3 is 0 Å². The minimum Gasteiger partial charge on any atom is -0.379 e. The van der Waals surface area contributed by atoms with Crippen LogP contribution in [0.15, 0.2) is 0 Å². The van der Waals surface area contributed by atoms with Gasteiger partial charge in [0.25, 0.3) is 0 Å². The van der Waals surface area contributed by atoms with Gasteiger partial charge in [-0.1, -0.05) is 6.92 Å². The monoisotopic (exact) mass is 225 g/mol. The van der Waals surface area contributed by atoms with Crippen LogP contribution >= 0.6 is 0 Å². The summed E-state index contributed by atoms with van der Waals surface area (Å²) < 4.78 is 7.35. The normalized spacial score (nSPS) is 21.2. The molecule has 0 spiro atoms. The van der Waals surface area contributed by atoms with Gasteiger partial charge in [-0.15, -0.1) is 5.10 Å². The van der Waals surface area contributed by atoms with Gasteiger partial charge in [-0.25, -0.2) is 4.68 Å². The molecule has 0 bridgehead atoms. The molecule has 0 aliphatic carbocycles. The van der Waals surface area contributed by atoms with Crippen LogP contribution in [0, 0.1) is 0 Å². The Balaban J connectivity index is 1.94. The molecular weight excluding hydrogens is 206 g/mol.